The van der Waals surface area contributed by atoms with E-state index in [4.69, 9.17) is 11.6 Å². The smallest absolute Gasteiger partial charge is 0.0194 e. The Balaban J connectivity index is 2.29. The fourth-order valence-electron chi connectivity index (χ4n) is 1.67. The molecule has 1 aliphatic carbocycles. The third kappa shape index (κ3) is 1.36. The van der Waals surface area contributed by atoms with E-state index in [2.05, 4.69) is 19.1 Å². The summed E-state index contributed by atoms with van der Waals surface area (Å²) in [5.41, 5.74) is 1.54. The Bertz CT molecular complexity index is 286. The second-order valence-corrected chi connectivity index (χ2v) is 4.63. The van der Waals surface area contributed by atoms with Crippen molar-refractivity contribution in [3.63, 3.8) is 0 Å². The lowest BCUT2D eigenvalue weighted by Crippen LogP contribution is -2.02. The van der Waals surface area contributed by atoms with Gasteiger partial charge >= 0.3 is 0 Å². The monoisotopic (exact) mass is 198 g/mol. The van der Waals surface area contributed by atoms with E-state index in [1.807, 2.05) is 17.8 Å². The molecule has 2 rings (SSSR count). The zero-order chi connectivity index (χ0) is 8.55. The molecule has 0 aromatic heterocycles. The topological polar surface area (TPSA) is 0 Å². The number of thioether (sulfide) groups is 1. The Morgan fingerprint density at radius 1 is 1.58 bits per heavy atom. The van der Waals surface area contributed by atoms with Gasteiger partial charge in [-0.3, -0.25) is 0 Å². The molecule has 1 unspecified atom stereocenters. The predicted octanol–water partition coefficient (Wildman–Crippen LogP) is 3.71. The molecule has 1 aliphatic heterocycles. The van der Waals surface area contributed by atoms with Crippen LogP contribution in [0.1, 0.15) is 13.3 Å². The highest BCUT2D eigenvalue weighted by Crippen LogP contribution is 2.45. The molecule has 0 saturated carbocycles. The first-order valence-corrected chi connectivity index (χ1v) is 5.51. The number of rotatable bonds is 0. The maximum Gasteiger partial charge on any atom is 0.0194 e. The molecule has 0 amide bonds. The van der Waals surface area contributed by atoms with E-state index in [9.17, 15) is 0 Å². The molecular formula is C10H11ClS. The van der Waals surface area contributed by atoms with E-state index < -0.39 is 0 Å². The molecule has 0 nitrogen and oxygen atoms in total. The molecule has 0 spiro atoms. The summed E-state index contributed by atoms with van der Waals surface area (Å²) in [7, 11) is 0. The second-order valence-electron chi connectivity index (χ2n) is 3.09. The summed E-state index contributed by atoms with van der Waals surface area (Å²) in [5.74, 6) is 1.77. The fraction of sp³-hybridized carbons (Fsp3) is 0.400. The molecule has 64 valence electrons. The molecule has 1 heterocycles. The minimum absolute atomic E-state index is 0.609. The first-order chi connectivity index (χ1) is 5.81. The van der Waals surface area contributed by atoms with Gasteiger partial charge in [0.2, 0.25) is 0 Å². The largest absolute Gasteiger partial charge is 0.125 e. The first kappa shape index (κ1) is 8.46. The van der Waals surface area contributed by atoms with Crippen molar-refractivity contribution in [3.05, 3.63) is 33.7 Å². The summed E-state index contributed by atoms with van der Waals surface area (Å²) in [6, 6.07) is 0. The van der Waals surface area contributed by atoms with Gasteiger partial charge < -0.3 is 0 Å². The summed E-state index contributed by atoms with van der Waals surface area (Å²) < 4.78 is 0. The lowest BCUT2D eigenvalue weighted by Gasteiger charge is -2.15. The Kier molecular flexibility index (Phi) is 2.33. The van der Waals surface area contributed by atoms with Crippen LogP contribution in [-0.2, 0) is 0 Å². The van der Waals surface area contributed by atoms with Crippen LogP contribution in [0, 0.1) is 5.92 Å². The SMILES string of the molecule is CC=C1CSC2=CC=C(Cl)CC12. The average Bonchev–Trinajstić information content (AvgIpc) is 2.46. The van der Waals surface area contributed by atoms with Crippen LogP contribution in [0.2, 0.25) is 0 Å². The van der Waals surface area contributed by atoms with Gasteiger partial charge in [-0.05, 0) is 24.3 Å². The van der Waals surface area contributed by atoms with Crippen molar-refractivity contribution in [2.75, 3.05) is 5.75 Å². The van der Waals surface area contributed by atoms with Crippen LogP contribution in [0.4, 0.5) is 0 Å². The zero-order valence-electron chi connectivity index (χ0n) is 7.01. The standard InChI is InChI=1S/C10H11ClS/c1-2-7-6-12-10-4-3-8(11)5-9(7)10/h2-4,9H,5-6H2,1H3. The third-order valence-corrected chi connectivity index (χ3v) is 3.91. The van der Waals surface area contributed by atoms with E-state index in [0.29, 0.717) is 5.92 Å². The van der Waals surface area contributed by atoms with Gasteiger partial charge in [0.25, 0.3) is 0 Å². The maximum atomic E-state index is 5.99. The summed E-state index contributed by atoms with van der Waals surface area (Å²) in [6.07, 6.45) is 7.44. The van der Waals surface area contributed by atoms with E-state index in [0.717, 1.165) is 17.2 Å². The van der Waals surface area contributed by atoms with E-state index in [-0.39, 0.29) is 0 Å². The molecule has 0 bridgehead atoms. The van der Waals surface area contributed by atoms with E-state index in [1.165, 1.54) is 10.5 Å². The molecule has 12 heavy (non-hydrogen) atoms. The van der Waals surface area contributed by atoms with Gasteiger partial charge in [0.1, 0.15) is 0 Å². The molecule has 0 N–H and O–H groups in total. The lowest BCUT2D eigenvalue weighted by molar-refractivity contribution is 0.762. The number of hydrogen-bond donors (Lipinski definition) is 0. The average molecular weight is 199 g/mol. The zero-order valence-corrected chi connectivity index (χ0v) is 8.58. The minimum Gasteiger partial charge on any atom is -0.125 e. The number of fused-ring (bicyclic) bond motifs is 1. The van der Waals surface area contributed by atoms with Crippen LogP contribution in [0.15, 0.2) is 33.7 Å². The number of allylic oxidation sites excluding steroid dienone is 5. The van der Waals surface area contributed by atoms with Crippen molar-refractivity contribution in [3.8, 4) is 0 Å². The molecule has 0 aromatic carbocycles. The van der Waals surface area contributed by atoms with Gasteiger partial charge in [-0.25, -0.2) is 0 Å². The molecule has 2 aliphatic rings. The van der Waals surface area contributed by atoms with Crippen LogP contribution >= 0.6 is 23.4 Å². The third-order valence-electron chi connectivity index (χ3n) is 2.39. The Morgan fingerprint density at radius 2 is 2.42 bits per heavy atom. The molecule has 2 heteroatoms. The lowest BCUT2D eigenvalue weighted by atomic mass is 9.93. The van der Waals surface area contributed by atoms with Crippen molar-refractivity contribution in [2.24, 2.45) is 5.92 Å². The molecule has 1 atom stereocenters. The normalized spacial score (nSPS) is 31.5. The first-order valence-electron chi connectivity index (χ1n) is 4.15. The highest BCUT2D eigenvalue weighted by atomic mass is 35.5. The van der Waals surface area contributed by atoms with Crippen LogP contribution in [-0.4, -0.2) is 5.75 Å². The Labute approximate surface area is 82.4 Å². The highest BCUT2D eigenvalue weighted by molar-refractivity contribution is 8.03. The van der Waals surface area contributed by atoms with Crippen molar-refractivity contribution in [1.82, 2.24) is 0 Å². The van der Waals surface area contributed by atoms with Gasteiger partial charge in [0, 0.05) is 16.7 Å². The summed E-state index contributed by atoms with van der Waals surface area (Å²) in [4.78, 5) is 1.49. The van der Waals surface area contributed by atoms with E-state index >= 15 is 0 Å². The quantitative estimate of drug-likeness (QED) is 0.535. The van der Waals surface area contributed by atoms with Gasteiger partial charge in [0.05, 0.1) is 0 Å². The van der Waals surface area contributed by atoms with Crippen molar-refractivity contribution < 1.29 is 0 Å². The maximum absolute atomic E-state index is 5.99. The number of hydrogen-bond acceptors (Lipinski definition) is 1. The van der Waals surface area contributed by atoms with Crippen LogP contribution in [0.5, 0.6) is 0 Å². The van der Waals surface area contributed by atoms with Crippen LogP contribution < -0.4 is 0 Å². The Hall–Kier alpha value is -0.140. The van der Waals surface area contributed by atoms with Crippen molar-refractivity contribution >= 4 is 23.4 Å². The van der Waals surface area contributed by atoms with Gasteiger partial charge in [-0.1, -0.05) is 29.3 Å². The molecule has 1 fully saturated rings. The molecule has 0 radical (unpaired) electrons. The summed E-state index contributed by atoms with van der Waals surface area (Å²) in [6.45, 7) is 2.12. The highest BCUT2D eigenvalue weighted by Gasteiger charge is 2.28. The van der Waals surface area contributed by atoms with Crippen LogP contribution in [0.25, 0.3) is 0 Å². The van der Waals surface area contributed by atoms with Gasteiger partial charge in [0.15, 0.2) is 0 Å². The number of halogens is 1. The Morgan fingerprint density at radius 3 is 3.17 bits per heavy atom. The molecular weight excluding hydrogens is 188 g/mol. The second kappa shape index (κ2) is 3.31. The molecule has 1 saturated heterocycles. The van der Waals surface area contributed by atoms with Crippen molar-refractivity contribution in [2.45, 2.75) is 13.3 Å². The fourth-order valence-corrected chi connectivity index (χ4v) is 3.19. The predicted molar refractivity (Wildman–Crippen MR) is 56.3 cm³/mol. The van der Waals surface area contributed by atoms with Crippen molar-refractivity contribution in [1.29, 1.82) is 0 Å². The summed E-state index contributed by atoms with van der Waals surface area (Å²) in [5, 5.41) is 0.991. The van der Waals surface area contributed by atoms with E-state index in [1.54, 1.807) is 0 Å². The summed E-state index contributed by atoms with van der Waals surface area (Å²) >= 11 is 7.94. The minimum atomic E-state index is 0.609. The van der Waals surface area contributed by atoms with Crippen LogP contribution in [0.3, 0.4) is 0 Å². The molecule has 0 aromatic rings. The van der Waals surface area contributed by atoms with Gasteiger partial charge in [-0.2, -0.15) is 0 Å². The van der Waals surface area contributed by atoms with Gasteiger partial charge in [-0.15, -0.1) is 11.8 Å².